The summed E-state index contributed by atoms with van der Waals surface area (Å²) in [6.45, 7) is 5.00. The molecule has 4 heterocycles. The molecule has 3 aliphatic rings. The van der Waals surface area contributed by atoms with E-state index in [1.165, 1.54) is 48.0 Å². The van der Waals surface area contributed by atoms with Gasteiger partial charge in [0.2, 0.25) is 11.5 Å². The summed E-state index contributed by atoms with van der Waals surface area (Å²) in [4.78, 5) is 74.7. The lowest BCUT2D eigenvalue weighted by molar-refractivity contribution is -0.927. The van der Waals surface area contributed by atoms with Crippen LogP contribution in [0.2, 0.25) is 5.02 Å². The fourth-order valence-corrected chi connectivity index (χ4v) is 8.55. The van der Waals surface area contributed by atoms with E-state index in [-0.39, 0.29) is 45.8 Å². The molecule has 1 aromatic carbocycles. The number of amides is 2. The van der Waals surface area contributed by atoms with Gasteiger partial charge in [0, 0.05) is 23.1 Å². The maximum atomic E-state index is 13.6. The maximum Gasteiger partial charge on any atom is 0.352 e. The van der Waals surface area contributed by atoms with Gasteiger partial charge in [0.1, 0.15) is 17.9 Å². The number of aromatic hydroxyl groups is 2. The fourth-order valence-electron chi connectivity index (χ4n) is 6.35. The van der Waals surface area contributed by atoms with Crippen molar-refractivity contribution in [3.8, 4) is 11.5 Å². The highest BCUT2D eigenvalue weighted by atomic mass is 35.5. The smallest absolute Gasteiger partial charge is 0.352 e. The van der Waals surface area contributed by atoms with Gasteiger partial charge in [0.25, 0.3) is 5.91 Å². The van der Waals surface area contributed by atoms with Crippen LogP contribution in [0.3, 0.4) is 0 Å². The number of benzene rings is 1. The lowest BCUT2D eigenvalue weighted by Crippen LogP contribution is -2.63. The zero-order valence-electron chi connectivity index (χ0n) is 27.8. The predicted molar refractivity (Wildman–Crippen MR) is 187 cm³/mol. The Bertz CT molecular complexity index is 1820. The average molecular weight is 766 g/mol. The molecule has 0 aliphatic carbocycles. The average Bonchev–Trinajstić information content (AvgIpc) is 3.51. The van der Waals surface area contributed by atoms with Crippen molar-refractivity contribution in [3.05, 3.63) is 45.1 Å². The number of rotatable bonds is 14. The van der Waals surface area contributed by atoms with Gasteiger partial charge >= 0.3 is 11.9 Å². The molecule has 0 radical (unpaired) electrons. The monoisotopic (exact) mass is 765 g/mol. The number of halogens is 1. The summed E-state index contributed by atoms with van der Waals surface area (Å²) in [5.41, 5.74) is 4.21. The van der Waals surface area contributed by atoms with Crippen molar-refractivity contribution in [1.29, 1.82) is 0 Å². The highest BCUT2D eigenvalue weighted by molar-refractivity contribution is 8.00. The van der Waals surface area contributed by atoms with E-state index < -0.39 is 57.9 Å². The number of nitrogens with zero attached hydrogens (tertiary/aromatic N) is 4. The minimum atomic E-state index is -1.77. The number of β-lactam (4-membered cyclic amide) rings is 1. The van der Waals surface area contributed by atoms with Crippen LogP contribution in [0.1, 0.15) is 55.6 Å². The van der Waals surface area contributed by atoms with Gasteiger partial charge < -0.3 is 40.8 Å². The van der Waals surface area contributed by atoms with Crippen molar-refractivity contribution < 1.29 is 53.7 Å². The molecule has 2 fully saturated rings. The Hall–Kier alpha value is -4.39. The number of phenolic OH excluding ortho intramolecular Hbond substituents is 2. The predicted octanol–water partition coefficient (Wildman–Crippen LogP) is 2.63. The number of carboxylic acids is 2. The lowest BCUT2D eigenvalue weighted by atomic mass is 9.89. The fraction of sp³-hybridized carbons (Fsp3) is 0.469. The Kier molecular flexibility index (Phi) is 11.2. The second kappa shape index (κ2) is 15.1. The molecule has 3 aliphatic heterocycles. The third kappa shape index (κ3) is 7.93. The van der Waals surface area contributed by atoms with Crippen LogP contribution in [0.5, 0.6) is 11.5 Å². The van der Waals surface area contributed by atoms with Crippen LogP contribution in [0, 0.1) is 5.92 Å². The van der Waals surface area contributed by atoms with Crippen LogP contribution in [-0.2, 0) is 24.0 Å². The van der Waals surface area contributed by atoms with Gasteiger partial charge in [0.05, 0.1) is 48.1 Å². The number of quaternary nitrogens is 1. The number of piperidine rings is 1. The van der Waals surface area contributed by atoms with Crippen molar-refractivity contribution in [2.75, 3.05) is 44.2 Å². The van der Waals surface area contributed by atoms with Crippen LogP contribution in [0.15, 0.2) is 33.9 Å². The molecule has 1 aromatic heterocycles. The number of nitrogens with one attached hydrogen (secondary N) is 1. The molecule has 2 amide bonds. The number of likely N-dealkylation sites (tertiary alicyclic amines) is 1. The number of thioether (sulfide) groups is 1. The summed E-state index contributed by atoms with van der Waals surface area (Å²) in [5, 5.41) is 46.7. The van der Waals surface area contributed by atoms with Crippen LogP contribution in [0.4, 0.5) is 5.13 Å². The van der Waals surface area contributed by atoms with E-state index in [0.717, 1.165) is 43.7 Å². The molecule has 7 N–H and O–H groups in total. The number of nitrogens with two attached hydrogens (primary N) is 1. The third-order valence-electron chi connectivity index (χ3n) is 9.18. The van der Waals surface area contributed by atoms with E-state index in [9.17, 15) is 44.4 Å². The Morgan fingerprint density at radius 3 is 2.51 bits per heavy atom. The lowest BCUT2D eigenvalue weighted by Gasteiger charge is -2.50. The van der Waals surface area contributed by atoms with Crippen molar-refractivity contribution in [2.45, 2.75) is 50.5 Å². The summed E-state index contributed by atoms with van der Waals surface area (Å²) >= 11 is 8.46. The van der Waals surface area contributed by atoms with Crippen LogP contribution in [-0.4, -0.2) is 119 Å². The molecule has 0 bridgehead atoms. The summed E-state index contributed by atoms with van der Waals surface area (Å²) in [6.07, 6.45) is 2.46. The topological polar surface area (TPSA) is 242 Å². The zero-order chi connectivity index (χ0) is 37.2. The van der Waals surface area contributed by atoms with Gasteiger partial charge in [-0.25, -0.2) is 14.6 Å². The highest BCUT2D eigenvalue weighted by Gasteiger charge is 2.55. The first-order valence-electron chi connectivity index (χ1n) is 16.0. The number of hydrogen-bond donors (Lipinski definition) is 6. The minimum absolute atomic E-state index is 0.00202. The number of phenols is 2. The third-order valence-corrected chi connectivity index (χ3v) is 11.6. The molecule has 19 heteroatoms. The van der Waals surface area contributed by atoms with E-state index in [4.69, 9.17) is 22.2 Å². The van der Waals surface area contributed by atoms with Crippen molar-refractivity contribution in [2.24, 2.45) is 11.1 Å². The summed E-state index contributed by atoms with van der Waals surface area (Å²) in [6, 6.07) is 2.47. The molecule has 2 saturated heterocycles. The zero-order valence-corrected chi connectivity index (χ0v) is 30.1. The number of hydrogen-bond acceptors (Lipinski definition) is 13. The number of fused-ring (bicyclic) bond motifs is 1. The standard InChI is InChI=1S/C32H37ClN6O10S2/c1-32(2,30(47)48)49-37-23(19-15-51-31(34)36-19)21(41)12-18-27(44)38-24(29(45)46)16(14-50-28(18)38)13-39(9-4-3-5-10-39)11-8-35-26(43)17-6-7-20(40)25(42)22(17)33/h6-7,15,18,28H,3-5,8-14H2,1-2H3,(H6-,34,35,36,37,40,41,42,43,45,46,47,48)/p+1. The van der Waals surface area contributed by atoms with Crippen LogP contribution < -0.4 is 11.1 Å². The molecule has 2 aromatic rings. The number of aromatic nitrogens is 1. The second-order valence-electron chi connectivity index (χ2n) is 13.1. The number of anilines is 1. The van der Waals surface area contributed by atoms with Crippen molar-refractivity contribution >= 4 is 75.1 Å². The SMILES string of the molecule is CC(C)(O/N=C(\C(=O)CC1C(=O)N2C(C(=O)O)=C(C[N+]3(CCNC(=O)c4ccc(O)c(O)c4Cl)CCCCC3)CSC12)c1csc(N)n1)C(=O)O. The first-order chi connectivity index (χ1) is 24.0. The van der Waals surface area contributed by atoms with Gasteiger partial charge in [-0.05, 0) is 45.2 Å². The molecule has 2 atom stereocenters. The van der Waals surface area contributed by atoms with E-state index in [1.807, 2.05) is 0 Å². The van der Waals surface area contributed by atoms with Crippen molar-refractivity contribution in [3.63, 3.8) is 0 Å². The molecular formula is C32H38ClN6O10S2+. The van der Waals surface area contributed by atoms with Gasteiger partial charge in [0.15, 0.2) is 28.1 Å². The Morgan fingerprint density at radius 2 is 1.88 bits per heavy atom. The second-order valence-corrected chi connectivity index (χ2v) is 15.5. The molecule has 51 heavy (non-hydrogen) atoms. The summed E-state index contributed by atoms with van der Waals surface area (Å²) in [7, 11) is 0. The number of ketones is 1. The number of aliphatic carboxylic acids is 2. The Morgan fingerprint density at radius 1 is 1.18 bits per heavy atom. The van der Waals surface area contributed by atoms with Gasteiger partial charge in [-0.2, -0.15) is 0 Å². The number of carbonyl (C=O) groups is 5. The molecular weight excluding hydrogens is 728 g/mol. The van der Waals surface area contributed by atoms with E-state index in [1.54, 1.807) is 0 Å². The number of Topliss-reactive ketones (excluding diaryl/α,β-unsaturated/α-hetero) is 1. The maximum absolute atomic E-state index is 13.6. The normalized spacial score (nSPS) is 20.3. The van der Waals surface area contributed by atoms with E-state index in [0.29, 0.717) is 28.9 Å². The molecule has 0 spiro atoms. The number of carboxylic acid groups (broad SMARTS) is 2. The van der Waals surface area contributed by atoms with Gasteiger partial charge in [-0.15, -0.1) is 23.1 Å². The first kappa shape index (κ1) is 37.9. The number of carbonyl (C=O) groups excluding carboxylic acids is 3. The quantitative estimate of drug-likeness (QED) is 0.0534. The van der Waals surface area contributed by atoms with E-state index in [2.05, 4.69) is 15.5 Å². The Balaban J connectivity index is 1.31. The summed E-state index contributed by atoms with van der Waals surface area (Å²) in [5.74, 6) is -5.91. The largest absolute Gasteiger partial charge is 0.504 e. The van der Waals surface area contributed by atoms with Crippen LogP contribution >= 0.6 is 34.7 Å². The molecule has 16 nitrogen and oxygen atoms in total. The molecule has 5 rings (SSSR count). The van der Waals surface area contributed by atoms with Crippen molar-refractivity contribution in [1.82, 2.24) is 15.2 Å². The highest BCUT2D eigenvalue weighted by Crippen LogP contribution is 2.46. The molecule has 0 saturated carbocycles. The number of oxime groups is 1. The van der Waals surface area contributed by atoms with Crippen LogP contribution in [0.25, 0.3) is 0 Å². The first-order valence-corrected chi connectivity index (χ1v) is 18.3. The summed E-state index contributed by atoms with van der Waals surface area (Å²) < 4.78 is 0.486. The number of thiazole rings is 1. The van der Waals surface area contributed by atoms with Gasteiger partial charge in [-0.1, -0.05) is 16.8 Å². The molecule has 2 unspecified atom stereocenters. The minimum Gasteiger partial charge on any atom is -0.504 e. The molecule has 274 valence electrons. The van der Waals surface area contributed by atoms with Gasteiger partial charge in [-0.3, -0.25) is 19.3 Å². The van der Waals surface area contributed by atoms with E-state index >= 15 is 0 Å². The Labute approximate surface area is 305 Å². The number of nitrogen functional groups attached to an aromatic ring is 1.